The third kappa shape index (κ3) is 3.71. The molecule has 4 heteroatoms. The van der Waals surface area contributed by atoms with Crippen LogP contribution in [-0.4, -0.2) is 29.6 Å². The molecule has 0 radical (unpaired) electrons. The minimum Gasteiger partial charge on any atom is -0.369 e. The van der Waals surface area contributed by atoms with Gasteiger partial charge in [0.25, 0.3) is 0 Å². The highest BCUT2D eigenvalue weighted by Gasteiger charge is 2.28. The van der Waals surface area contributed by atoms with Crippen molar-refractivity contribution in [1.29, 1.82) is 0 Å². The lowest BCUT2D eigenvalue weighted by molar-refractivity contribution is 0.638. The smallest absolute Gasteiger partial charge is 0.0413 e. The van der Waals surface area contributed by atoms with E-state index in [9.17, 15) is 0 Å². The first-order chi connectivity index (χ1) is 9.53. The van der Waals surface area contributed by atoms with Crippen molar-refractivity contribution in [1.82, 2.24) is 5.32 Å². The van der Waals surface area contributed by atoms with Gasteiger partial charge in [-0.25, -0.2) is 0 Å². The molecule has 0 atom stereocenters. The molecule has 1 aromatic carbocycles. The van der Waals surface area contributed by atoms with Crippen molar-refractivity contribution in [3.63, 3.8) is 0 Å². The molecule has 1 saturated heterocycles. The van der Waals surface area contributed by atoms with Crippen LogP contribution in [0.5, 0.6) is 0 Å². The van der Waals surface area contributed by atoms with Crippen molar-refractivity contribution in [2.45, 2.75) is 44.0 Å². The molecule has 1 saturated carbocycles. The SMILES string of the molecule is CC1(C)CN(c2ccc(Br)cc2CNC2CC2)CCS1. The second kappa shape index (κ2) is 5.90. The Morgan fingerprint density at radius 2 is 2.20 bits per heavy atom. The van der Waals surface area contributed by atoms with Crippen molar-refractivity contribution in [3.05, 3.63) is 28.2 Å². The summed E-state index contributed by atoms with van der Waals surface area (Å²) >= 11 is 5.70. The molecule has 2 aliphatic rings. The van der Waals surface area contributed by atoms with Crippen LogP contribution in [0.15, 0.2) is 22.7 Å². The van der Waals surface area contributed by atoms with Crippen molar-refractivity contribution in [3.8, 4) is 0 Å². The number of hydrogen-bond donors (Lipinski definition) is 1. The molecule has 0 aromatic heterocycles. The van der Waals surface area contributed by atoms with Gasteiger partial charge < -0.3 is 10.2 Å². The van der Waals surface area contributed by atoms with Crippen molar-refractivity contribution in [2.75, 3.05) is 23.7 Å². The summed E-state index contributed by atoms with van der Waals surface area (Å²) in [5.74, 6) is 1.22. The fourth-order valence-electron chi connectivity index (χ4n) is 2.77. The van der Waals surface area contributed by atoms with Crippen LogP contribution in [0.25, 0.3) is 0 Å². The van der Waals surface area contributed by atoms with Crippen LogP contribution in [0.4, 0.5) is 5.69 Å². The summed E-state index contributed by atoms with van der Waals surface area (Å²) in [5, 5.41) is 3.65. The summed E-state index contributed by atoms with van der Waals surface area (Å²) in [4.78, 5) is 2.56. The maximum atomic E-state index is 3.65. The van der Waals surface area contributed by atoms with E-state index in [4.69, 9.17) is 0 Å². The largest absolute Gasteiger partial charge is 0.369 e. The van der Waals surface area contributed by atoms with Gasteiger partial charge in [0.1, 0.15) is 0 Å². The molecular formula is C16H23BrN2S. The van der Waals surface area contributed by atoms with E-state index in [-0.39, 0.29) is 0 Å². The van der Waals surface area contributed by atoms with Crippen molar-refractivity contribution in [2.24, 2.45) is 0 Å². The maximum absolute atomic E-state index is 3.65. The van der Waals surface area contributed by atoms with E-state index >= 15 is 0 Å². The van der Waals surface area contributed by atoms with Gasteiger partial charge in [0.2, 0.25) is 0 Å². The van der Waals surface area contributed by atoms with Gasteiger partial charge >= 0.3 is 0 Å². The maximum Gasteiger partial charge on any atom is 0.0413 e. The molecule has 20 heavy (non-hydrogen) atoms. The zero-order chi connectivity index (χ0) is 14.2. The average molecular weight is 355 g/mol. The fourth-order valence-corrected chi connectivity index (χ4v) is 4.29. The summed E-state index contributed by atoms with van der Waals surface area (Å²) in [6.45, 7) is 7.99. The van der Waals surface area contributed by atoms with E-state index in [1.165, 1.54) is 34.3 Å². The number of thioether (sulfide) groups is 1. The molecule has 110 valence electrons. The molecule has 0 bridgehead atoms. The molecule has 1 N–H and O–H groups in total. The third-order valence-electron chi connectivity index (χ3n) is 3.97. The molecule has 1 aromatic rings. The van der Waals surface area contributed by atoms with Crippen LogP contribution in [0.1, 0.15) is 32.3 Å². The predicted molar refractivity (Wildman–Crippen MR) is 92.8 cm³/mol. The van der Waals surface area contributed by atoms with E-state index in [1.807, 2.05) is 0 Å². The van der Waals surface area contributed by atoms with Gasteiger partial charge in [-0.2, -0.15) is 11.8 Å². The van der Waals surface area contributed by atoms with Gasteiger partial charge in [0.05, 0.1) is 0 Å². The number of nitrogens with one attached hydrogen (secondary N) is 1. The van der Waals surface area contributed by atoms with Gasteiger partial charge in [-0.05, 0) is 50.5 Å². The fraction of sp³-hybridized carbons (Fsp3) is 0.625. The van der Waals surface area contributed by atoms with E-state index in [2.05, 4.69) is 70.0 Å². The van der Waals surface area contributed by atoms with Crippen LogP contribution >= 0.6 is 27.7 Å². The number of rotatable bonds is 4. The molecule has 2 nitrogen and oxygen atoms in total. The summed E-state index contributed by atoms with van der Waals surface area (Å²) in [5.41, 5.74) is 2.84. The second-order valence-corrected chi connectivity index (χ2v) is 9.18. The van der Waals surface area contributed by atoms with E-state index in [1.54, 1.807) is 0 Å². The minimum atomic E-state index is 0.354. The standard InChI is InChI=1S/C16H23BrN2S/c1-16(2)11-19(7-8-20-16)15-6-3-13(17)9-12(15)10-18-14-4-5-14/h3,6,9,14,18H,4-5,7-8,10-11H2,1-2H3. The van der Waals surface area contributed by atoms with Gasteiger partial charge in [-0.15, -0.1) is 0 Å². The molecule has 0 amide bonds. The van der Waals surface area contributed by atoms with E-state index < -0.39 is 0 Å². The van der Waals surface area contributed by atoms with Gasteiger partial charge in [-0.3, -0.25) is 0 Å². The minimum absolute atomic E-state index is 0.354. The Balaban J connectivity index is 1.79. The molecule has 1 aliphatic carbocycles. The van der Waals surface area contributed by atoms with Crippen LogP contribution in [0.2, 0.25) is 0 Å². The lowest BCUT2D eigenvalue weighted by Gasteiger charge is -2.39. The van der Waals surface area contributed by atoms with Crippen LogP contribution in [-0.2, 0) is 6.54 Å². The Labute approximate surface area is 134 Å². The predicted octanol–water partition coefficient (Wildman–Crippen LogP) is 4.03. The Hall–Kier alpha value is -0.190. The number of nitrogens with zero attached hydrogens (tertiary/aromatic N) is 1. The van der Waals surface area contributed by atoms with E-state index in [0.29, 0.717) is 4.75 Å². The molecule has 0 unspecified atom stereocenters. The highest BCUT2D eigenvalue weighted by atomic mass is 79.9. The summed E-state index contributed by atoms with van der Waals surface area (Å²) in [6.07, 6.45) is 2.69. The highest BCUT2D eigenvalue weighted by Crippen LogP contribution is 2.34. The topological polar surface area (TPSA) is 15.3 Å². The molecule has 0 spiro atoms. The Kier molecular flexibility index (Phi) is 4.34. The Morgan fingerprint density at radius 1 is 1.40 bits per heavy atom. The van der Waals surface area contributed by atoms with E-state index in [0.717, 1.165) is 25.7 Å². The molecule has 2 fully saturated rings. The number of benzene rings is 1. The Bertz CT molecular complexity index is 485. The van der Waals surface area contributed by atoms with Gasteiger partial charge in [0.15, 0.2) is 0 Å². The Morgan fingerprint density at radius 3 is 2.90 bits per heavy atom. The first-order valence-corrected chi connectivity index (χ1v) is 9.22. The second-order valence-electron chi connectivity index (χ2n) is 6.46. The lowest BCUT2D eigenvalue weighted by atomic mass is 10.1. The first kappa shape index (κ1) is 14.7. The number of halogens is 1. The monoisotopic (exact) mass is 354 g/mol. The zero-order valence-electron chi connectivity index (χ0n) is 12.3. The lowest BCUT2D eigenvalue weighted by Crippen LogP contribution is -2.43. The van der Waals surface area contributed by atoms with Crippen molar-refractivity contribution < 1.29 is 0 Å². The van der Waals surface area contributed by atoms with Gasteiger partial charge in [0, 0.05) is 46.3 Å². The van der Waals surface area contributed by atoms with Crippen molar-refractivity contribution >= 4 is 33.4 Å². The summed E-state index contributed by atoms with van der Waals surface area (Å²) < 4.78 is 1.53. The van der Waals surface area contributed by atoms with Crippen LogP contribution in [0, 0.1) is 0 Å². The number of hydrogen-bond acceptors (Lipinski definition) is 3. The van der Waals surface area contributed by atoms with Crippen LogP contribution < -0.4 is 10.2 Å². The highest BCUT2D eigenvalue weighted by molar-refractivity contribution is 9.10. The molecule has 1 heterocycles. The average Bonchev–Trinajstić information content (AvgIpc) is 3.19. The molecule has 1 aliphatic heterocycles. The normalized spacial score (nSPS) is 22.1. The molecular weight excluding hydrogens is 332 g/mol. The molecule has 3 rings (SSSR count). The number of anilines is 1. The zero-order valence-corrected chi connectivity index (χ0v) is 14.7. The van der Waals surface area contributed by atoms with Gasteiger partial charge in [-0.1, -0.05) is 15.9 Å². The summed E-state index contributed by atoms with van der Waals surface area (Å²) in [7, 11) is 0. The first-order valence-electron chi connectivity index (χ1n) is 7.44. The summed E-state index contributed by atoms with van der Waals surface area (Å²) in [6, 6.07) is 7.49. The quantitative estimate of drug-likeness (QED) is 0.878. The third-order valence-corrected chi connectivity index (χ3v) is 5.76. The van der Waals surface area contributed by atoms with Crippen LogP contribution in [0.3, 0.4) is 0 Å².